The molecule has 1 aliphatic heterocycles. The molecule has 0 saturated carbocycles. The predicted octanol–water partition coefficient (Wildman–Crippen LogP) is 3.08. The normalized spacial score (nSPS) is 24.5. The van der Waals surface area contributed by atoms with Gasteiger partial charge in [0.2, 0.25) is 5.91 Å². The number of halogens is 1. The van der Waals surface area contributed by atoms with Crippen molar-refractivity contribution in [2.45, 2.75) is 52.4 Å². The van der Waals surface area contributed by atoms with Gasteiger partial charge in [0.15, 0.2) is 0 Å². The molecule has 0 radical (unpaired) electrons. The van der Waals surface area contributed by atoms with Gasteiger partial charge in [0.25, 0.3) is 0 Å². The quantitative estimate of drug-likeness (QED) is 0.918. The van der Waals surface area contributed by atoms with Crippen LogP contribution in [0.25, 0.3) is 0 Å². The van der Waals surface area contributed by atoms with E-state index in [1.807, 2.05) is 31.7 Å². The largest absolute Gasteiger partial charge is 0.319 e. The second-order valence-electron chi connectivity index (χ2n) is 5.85. The van der Waals surface area contributed by atoms with E-state index in [2.05, 4.69) is 12.2 Å². The Hall–Kier alpha value is -1.42. The van der Waals surface area contributed by atoms with Crippen LogP contribution in [0.15, 0.2) is 24.3 Å². The van der Waals surface area contributed by atoms with Crippen LogP contribution in [0.4, 0.5) is 4.39 Å². The van der Waals surface area contributed by atoms with E-state index in [0.717, 1.165) is 12.0 Å². The summed E-state index contributed by atoms with van der Waals surface area (Å²) in [6.45, 7) is 8.15. The van der Waals surface area contributed by atoms with Gasteiger partial charge in [0.05, 0.1) is 6.04 Å². The molecule has 1 aliphatic rings. The van der Waals surface area contributed by atoms with Crippen LogP contribution in [0.2, 0.25) is 0 Å². The highest BCUT2D eigenvalue weighted by atomic mass is 19.1. The monoisotopic (exact) mass is 278 g/mol. The van der Waals surface area contributed by atoms with Crippen molar-refractivity contribution in [2.24, 2.45) is 5.92 Å². The minimum atomic E-state index is -0.270. The summed E-state index contributed by atoms with van der Waals surface area (Å²) in [6, 6.07) is 6.42. The van der Waals surface area contributed by atoms with E-state index in [-0.39, 0.29) is 35.9 Å². The van der Waals surface area contributed by atoms with E-state index in [9.17, 15) is 9.18 Å². The zero-order chi connectivity index (χ0) is 14.9. The fourth-order valence-electron chi connectivity index (χ4n) is 2.69. The Morgan fingerprint density at radius 3 is 2.60 bits per heavy atom. The molecular formula is C16H23FN2O. The average molecular weight is 278 g/mol. The summed E-state index contributed by atoms with van der Waals surface area (Å²) in [4.78, 5) is 14.4. The molecule has 3 atom stereocenters. The number of benzene rings is 1. The first-order valence-corrected chi connectivity index (χ1v) is 7.29. The summed E-state index contributed by atoms with van der Waals surface area (Å²) in [7, 11) is 0. The Kier molecular flexibility index (Phi) is 4.43. The number of hydrogen-bond donors (Lipinski definition) is 1. The topological polar surface area (TPSA) is 32.3 Å². The lowest BCUT2D eigenvalue weighted by Gasteiger charge is -2.30. The lowest BCUT2D eigenvalue weighted by Crippen LogP contribution is -2.39. The highest BCUT2D eigenvalue weighted by molar-refractivity contribution is 5.85. The van der Waals surface area contributed by atoms with Crippen LogP contribution in [-0.2, 0) is 4.79 Å². The minimum absolute atomic E-state index is 0.114. The average Bonchev–Trinajstić information content (AvgIpc) is 2.75. The molecule has 2 rings (SSSR count). The van der Waals surface area contributed by atoms with E-state index < -0.39 is 0 Å². The zero-order valence-electron chi connectivity index (χ0n) is 12.6. The number of amides is 1. The van der Waals surface area contributed by atoms with Crippen LogP contribution in [0.1, 0.15) is 45.8 Å². The van der Waals surface area contributed by atoms with Crippen molar-refractivity contribution in [2.75, 3.05) is 0 Å². The Morgan fingerprint density at radius 1 is 1.35 bits per heavy atom. The maximum atomic E-state index is 13.5. The molecule has 3 unspecified atom stereocenters. The molecule has 0 spiro atoms. The van der Waals surface area contributed by atoms with Crippen LogP contribution >= 0.6 is 0 Å². The summed E-state index contributed by atoms with van der Waals surface area (Å²) in [6.07, 6.45) is 0.643. The fourth-order valence-corrected chi connectivity index (χ4v) is 2.69. The van der Waals surface area contributed by atoms with Gasteiger partial charge >= 0.3 is 0 Å². The van der Waals surface area contributed by atoms with Crippen molar-refractivity contribution in [3.63, 3.8) is 0 Å². The highest BCUT2D eigenvalue weighted by Crippen LogP contribution is 2.31. The smallest absolute Gasteiger partial charge is 0.241 e. The molecule has 1 N–H and O–H groups in total. The lowest BCUT2D eigenvalue weighted by atomic mass is 10.0. The highest BCUT2D eigenvalue weighted by Gasteiger charge is 2.42. The predicted molar refractivity (Wildman–Crippen MR) is 77.5 cm³/mol. The van der Waals surface area contributed by atoms with E-state index >= 15 is 0 Å². The molecule has 0 aliphatic carbocycles. The van der Waals surface area contributed by atoms with Crippen LogP contribution in [0.5, 0.6) is 0 Å². The third kappa shape index (κ3) is 2.70. The molecule has 0 aromatic heterocycles. The van der Waals surface area contributed by atoms with Gasteiger partial charge < -0.3 is 4.90 Å². The van der Waals surface area contributed by atoms with Gasteiger partial charge in [-0.15, -0.1) is 0 Å². The van der Waals surface area contributed by atoms with Gasteiger partial charge in [-0.2, -0.15) is 0 Å². The molecule has 1 heterocycles. The van der Waals surface area contributed by atoms with Crippen LogP contribution in [0, 0.1) is 11.7 Å². The van der Waals surface area contributed by atoms with Crippen LogP contribution < -0.4 is 5.32 Å². The van der Waals surface area contributed by atoms with Crippen molar-refractivity contribution in [3.8, 4) is 0 Å². The molecule has 0 bridgehead atoms. The van der Waals surface area contributed by atoms with Crippen molar-refractivity contribution >= 4 is 5.91 Å². The standard InChI is InChI=1S/C16H23FN2O/c1-5-11(4)19-15(12-7-6-8-13(17)9-12)18-14(10(2)3)16(19)20/h6-11,14-15,18H,5H2,1-4H3. The maximum absolute atomic E-state index is 13.5. The molecule has 20 heavy (non-hydrogen) atoms. The van der Waals surface area contributed by atoms with Gasteiger partial charge in [0, 0.05) is 6.04 Å². The van der Waals surface area contributed by atoms with Crippen molar-refractivity contribution in [1.29, 1.82) is 0 Å². The van der Waals surface area contributed by atoms with E-state index in [0.29, 0.717) is 0 Å². The third-order valence-electron chi connectivity index (χ3n) is 4.03. The molecule has 4 heteroatoms. The first-order chi connectivity index (χ1) is 9.45. The molecule has 110 valence electrons. The molecule has 1 aromatic carbocycles. The summed E-state index contributed by atoms with van der Waals surface area (Å²) in [5.74, 6) is 0.0603. The van der Waals surface area contributed by atoms with Gasteiger partial charge in [-0.1, -0.05) is 32.9 Å². The number of rotatable bonds is 4. The Balaban J connectivity index is 2.36. The second kappa shape index (κ2) is 5.92. The third-order valence-corrected chi connectivity index (χ3v) is 4.03. The second-order valence-corrected chi connectivity index (χ2v) is 5.85. The molecule has 1 fully saturated rings. The van der Waals surface area contributed by atoms with Gasteiger partial charge in [-0.05, 0) is 37.0 Å². The van der Waals surface area contributed by atoms with Crippen LogP contribution in [0.3, 0.4) is 0 Å². The van der Waals surface area contributed by atoms with Crippen molar-refractivity contribution in [3.05, 3.63) is 35.6 Å². The van der Waals surface area contributed by atoms with Crippen LogP contribution in [-0.4, -0.2) is 22.9 Å². The molecule has 1 saturated heterocycles. The van der Waals surface area contributed by atoms with E-state index in [1.165, 1.54) is 12.1 Å². The first kappa shape index (κ1) is 15.0. The Morgan fingerprint density at radius 2 is 2.05 bits per heavy atom. The van der Waals surface area contributed by atoms with Crippen molar-refractivity contribution < 1.29 is 9.18 Å². The first-order valence-electron chi connectivity index (χ1n) is 7.29. The summed E-state index contributed by atoms with van der Waals surface area (Å²) >= 11 is 0. The fraction of sp³-hybridized carbons (Fsp3) is 0.562. The van der Waals surface area contributed by atoms with Crippen molar-refractivity contribution in [1.82, 2.24) is 10.2 Å². The van der Waals surface area contributed by atoms with E-state index in [4.69, 9.17) is 0 Å². The Bertz CT molecular complexity index is 489. The molecule has 3 nitrogen and oxygen atoms in total. The molecular weight excluding hydrogens is 255 g/mol. The number of nitrogens with zero attached hydrogens (tertiary/aromatic N) is 1. The van der Waals surface area contributed by atoms with Gasteiger partial charge in [0.1, 0.15) is 12.0 Å². The lowest BCUT2D eigenvalue weighted by molar-refractivity contribution is -0.132. The summed E-state index contributed by atoms with van der Waals surface area (Å²) < 4.78 is 13.5. The Labute approximate surface area is 120 Å². The molecule has 1 aromatic rings. The molecule has 1 amide bonds. The van der Waals surface area contributed by atoms with Gasteiger partial charge in [-0.25, -0.2) is 4.39 Å². The summed E-state index contributed by atoms with van der Waals surface area (Å²) in [5.41, 5.74) is 0.807. The SMILES string of the molecule is CCC(C)N1C(=O)C(C(C)C)NC1c1cccc(F)c1. The zero-order valence-corrected chi connectivity index (χ0v) is 12.6. The number of carbonyl (C=O) groups is 1. The van der Waals surface area contributed by atoms with E-state index in [1.54, 1.807) is 6.07 Å². The number of nitrogens with one attached hydrogen (secondary N) is 1. The minimum Gasteiger partial charge on any atom is -0.319 e. The maximum Gasteiger partial charge on any atom is 0.241 e. The summed E-state index contributed by atoms with van der Waals surface area (Å²) in [5, 5.41) is 3.36. The number of carbonyl (C=O) groups excluding carboxylic acids is 1. The van der Waals surface area contributed by atoms with Gasteiger partial charge in [-0.3, -0.25) is 10.1 Å². The number of hydrogen-bond acceptors (Lipinski definition) is 2.